The zero-order chi connectivity index (χ0) is 17.0. The molecule has 0 spiro atoms. The van der Waals surface area contributed by atoms with Gasteiger partial charge in [0.25, 0.3) is 0 Å². The van der Waals surface area contributed by atoms with Gasteiger partial charge in [-0.2, -0.15) is 5.10 Å². The fourth-order valence-electron chi connectivity index (χ4n) is 2.07. The standard InChI is InChI=1S/C17H24N4OS/c1-17(2,3)15-10-13(19-20-15)11-21(4)16(22)18-12-7-6-8-14(9-12)23-5/h6-10H,11H2,1-5H3,(H,18,22)(H,19,20). The van der Waals surface area contributed by atoms with E-state index < -0.39 is 0 Å². The highest BCUT2D eigenvalue weighted by atomic mass is 32.2. The van der Waals surface area contributed by atoms with Crippen LogP contribution in [0.25, 0.3) is 0 Å². The second-order valence-electron chi connectivity index (χ2n) is 6.55. The van der Waals surface area contributed by atoms with Gasteiger partial charge in [0.05, 0.1) is 17.9 Å². The zero-order valence-corrected chi connectivity index (χ0v) is 15.1. The van der Waals surface area contributed by atoms with E-state index in [1.54, 1.807) is 23.7 Å². The molecule has 0 unspecified atom stereocenters. The van der Waals surface area contributed by atoms with Gasteiger partial charge in [0.2, 0.25) is 0 Å². The summed E-state index contributed by atoms with van der Waals surface area (Å²) in [5.74, 6) is 0. The van der Waals surface area contributed by atoms with Crippen LogP contribution in [0, 0.1) is 0 Å². The number of anilines is 1. The van der Waals surface area contributed by atoms with Gasteiger partial charge in [0.1, 0.15) is 0 Å². The monoisotopic (exact) mass is 332 g/mol. The first kappa shape index (κ1) is 17.4. The van der Waals surface area contributed by atoms with E-state index in [0.717, 1.165) is 22.0 Å². The lowest BCUT2D eigenvalue weighted by atomic mass is 9.92. The van der Waals surface area contributed by atoms with E-state index in [1.807, 2.05) is 36.6 Å². The highest BCUT2D eigenvalue weighted by molar-refractivity contribution is 7.98. The summed E-state index contributed by atoms with van der Waals surface area (Å²) in [5, 5.41) is 10.2. The largest absolute Gasteiger partial charge is 0.322 e. The molecule has 2 rings (SSSR count). The number of hydrogen-bond donors (Lipinski definition) is 2. The summed E-state index contributed by atoms with van der Waals surface area (Å²) in [4.78, 5) is 15.0. The van der Waals surface area contributed by atoms with Gasteiger partial charge in [-0.1, -0.05) is 26.8 Å². The van der Waals surface area contributed by atoms with E-state index in [4.69, 9.17) is 0 Å². The molecule has 1 heterocycles. The van der Waals surface area contributed by atoms with Gasteiger partial charge in [0.15, 0.2) is 0 Å². The van der Waals surface area contributed by atoms with Gasteiger partial charge >= 0.3 is 6.03 Å². The van der Waals surface area contributed by atoms with Crippen molar-refractivity contribution in [2.75, 3.05) is 18.6 Å². The van der Waals surface area contributed by atoms with Crippen molar-refractivity contribution >= 4 is 23.5 Å². The third kappa shape index (κ3) is 4.76. The Balaban J connectivity index is 1.98. The van der Waals surface area contributed by atoms with Gasteiger partial charge < -0.3 is 10.2 Å². The first-order valence-corrected chi connectivity index (χ1v) is 8.73. The summed E-state index contributed by atoms with van der Waals surface area (Å²) in [7, 11) is 1.77. The van der Waals surface area contributed by atoms with Gasteiger partial charge in [-0.25, -0.2) is 4.79 Å². The minimum absolute atomic E-state index is 0.00611. The summed E-state index contributed by atoms with van der Waals surface area (Å²) < 4.78 is 0. The van der Waals surface area contributed by atoms with E-state index in [9.17, 15) is 4.79 Å². The molecule has 124 valence electrons. The molecule has 2 N–H and O–H groups in total. The fraction of sp³-hybridized carbons (Fsp3) is 0.412. The SMILES string of the molecule is CSc1cccc(NC(=O)N(C)Cc2cc(C(C)(C)C)n[nH]2)c1. The van der Waals surface area contributed by atoms with E-state index in [2.05, 4.69) is 36.3 Å². The fourth-order valence-corrected chi connectivity index (χ4v) is 2.53. The predicted octanol–water partition coefficient (Wildman–Crippen LogP) is 4.09. The molecular weight excluding hydrogens is 308 g/mol. The summed E-state index contributed by atoms with van der Waals surface area (Å²) in [6.45, 7) is 6.82. The number of urea groups is 1. The maximum Gasteiger partial charge on any atom is 0.321 e. The number of H-pyrrole nitrogens is 1. The average Bonchev–Trinajstić information content (AvgIpc) is 2.96. The summed E-state index contributed by atoms with van der Waals surface area (Å²) in [5.41, 5.74) is 2.71. The molecule has 6 heteroatoms. The van der Waals surface area contributed by atoms with Gasteiger partial charge in [-0.15, -0.1) is 11.8 Å². The lowest BCUT2D eigenvalue weighted by molar-refractivity contribution is 0.220. The first-order valence-electron chi connectivity index (χ1n) is 7.50. The molecule has 1 aromatic carbocycles. The van der Waals surface area contributed by atoms with Crippen molar-refractivity contribution in [2.24, 2.45) is 0 Å². The Morgan fingerprint density at radius 2 is 2.09 bits per heavy atom. The second-order valence-corrected chi connectivity index (χ2v) is 7.43. The molecule has 2 amide bonds. The number of carbonyl (C=O) groups excluding carboxylic acids is 1. The minimum atomic E-state index is -0.143. The second kappa shape index (κ2) is 7.08. The van der Waals surface area contributed by atoms with Crippen LogP contribution in [-0.4, -0.2) is 34.4 Å². The Labute approximate surface area is 141 Å². The number of nitrogens with zero attached hydrogens (tertiary/aromatic N) is 2. The number of amides is 2. The van der Waals surface area contributed by atoms with E-state index in [0.29, 0.717) is 6.54 Å². The number of nitrogens with one attached hydrogen (secondary N) is 2. The molecule has 0 radical (unpaired) electrons. The molecule has 23 heavy (non-hydrogen) atoms. The van der Waals surface area contributed by atoms with Crippen molar-refractivity contribution in [3.8, 4) is 0 Å². The zero-order valence-electron chi connectivity index (χ0n) is 14.3. The van der Waals surface area contributed by atoms with E-state index in [-0.39, 0.29) is 11.4 Å². The molecule has 1 aromatic heterocycles. The molecule has 0 fully saturated rings. The summed E-state index contributed by atoms with van der Waals surface area (Å²) in [6, 6.07) is 9.67. The van der Waals surface area contributed by atoms with Crippen LogP contribution in [0.3, 0.4) is 0 Å². The van der Waals surface area contributed by atoms with Crippen molar-refractivity contribution in [1.82, 2.24) is 15.1 Å². The predicted molar refractivity (Wildman–Crippen MR) is 96.0 cm³/mol. The van der Waals surface area contributed by atoms with E-state index in [1.165, 1.54) is 0 Å². The molecule has 0 aliphatic rings. The number of hydrogen-bond acceptors (Lipinski definition) is 3. The van der Waals surface area contributed by atoms with Crippen LogP contribution in [0.15, 0.2) is 35.2 Å². The Bertz CT molecular complexity index is 675. The van der Waals surface area contributed by atoms with Crippen molar-refractivity contribution < 1.29 is 4.79 Å². The summed E-state index contributed by atoms with van der Waals surface area (Å²) >= 11 is 1.65. The third-order valence-electron chi connectivity index (χ3n) is 3.47. The topological polar surface area (TPSA) is 61.0 Å². The van der Waals surface area contributed by atoms with Crippen LogP contribution in [0.5, 0.6) is 0 Å². The lowest BCUT2D eigenvalue weighted by Gasteiger charge is -2.17. The molecule has 0 aliphatic carbocycles. The highest BCUT2D eigenvalue weighted by Crippen LogP contribution is 2.21. The first-order chi connectivity index (χ1) is 10.8. The maximum absolute atomic E-state index is 12.3. The molecule has 0 atom stereocenters. The minimum Gasteiger partial charge on any atom is -0.322 e. The number of carbonyl (C=O) groups is 1. The Morgan fingerprint density at radius 1 is 1.35 bits per heavy atom. The third-order valence-corrected chi connectivity index (χ3v) is 4.20. The Kier molecular flexibility index (Phi) is 5.36. The number of benzene rings is 1. The number of aromatic nitrogens is 2. The molecule has 0 aliphatic heterocycles. The number of thioether (sulfide) groups is 1. The van der Waals surface area contributed by atoms with Crippen molar-refractivity contribution in [3.63, 3.8) is 0 Å². The molecule has 0 saturated carbocycles. The normalized spacial score (nSPS) is 11.3. The van der Waals surface area contributed by atoms with Crippen molar-refractivity contribution in [1.29, 1.82) is 0 Å². The van der Waals surface area contributed by atoms with Crippen molar-refractivity contribution in [3.05, 3.63) is 41.7 Å². The Morgan fingerprint density at radius 3 is 2.70 bits per heavy atom. The van der Waals surface area contributed by atoms with E-state index >= 15 is 0 Å². The number of rotatable bonds is 4. The van der Waals surface area contributed by atoms with Crippen LogP contribution in [0.1, 0.15) is 32.2 Å². The van der Waals surface area contributed by atoms with Gasteiger partial charge in [-0.05, 0) is 30.5 Å². The molecule has 0 saturated heterocycles. The quantitative estimate of drug-likeness (QED) is 0.829. The average molecular weight is 332 g/mol. The molecule has 0 bridgehead atoms. The maximum atomic E-state index is 12.3. The van der Waals surface area contributed by atoms with Crippen LogP contribution in [0.2, 0.25) is 0 Å². The molecule has 5 nitrogen and oxygen atoms in total. The van der Waals surface area contributed by atoms with Crippen molar-refractivity contribution in [2.45, 2.75) is 37.6 Å². The smallest absolute Gasteiger partial charge is 0.321 e. The number of aromatic amines is 1. The molecule has 2 aromatic rings. The highest BCUT2D eigenvalue weighted by Gasteiger charge is 2.18. The Hall–Kier alpha value is -1.95. The summed E-state index contributed by atoms with van der Waals surface area (Å²) in [6.07, 6.45) is 2.01. The lowest BCUT2D eigenvalue weighted by Crippen LogP contribution is -2.31. The van der Waals surface area contributed by atoms with Crippen LogP contribution < -0.4 is 5.32 Å². The van der Waals surface area contributed by atoms with Crippen LogP contribution >= 0.6 is 11.8 Å². The van der Waals surface area contributed by atoms with Gasteiger partial charge in [0, 0.05) is 23.0 Å². The van der Waals surface area contributed by atoms with Crippen LogP contribution in [0.4, 0.5) is 10.5 Å². The van der Waals surface area contributed by atoms with Gasteiger partial charge in [-0.3, -0.25) is 5.10 Å². The molecular formula is C17H24N4OS. The van der Waals surface area contributed by atoms with Crippen LogP contribution in [-0.2, 0) is 12.0 Å².